The van der Waals surface area contributed by atoms with Gasteiger partial charge in [0.05, 0.1) is 0 Å². The fourth-order valence-electron chi connectivity index (χ4n) is 2.76. The van der Waals surface area contributed by atoms with E-state index in [1.54, 1.807) is 0 Å². The van der Waals surface area contributed by atoms with Crippen LogP contribution in [0.4, 0.5) is 5.69 Å². The Hall–Kier alpha value is -1.91. The molecule has 1 aromatic heterocycles. The van der Waals surface area contributed by atoms with E-state index >= 15 is 0 Å². The lowest BCUT2D eigenvalue weighted by molar-refractivity contribution is 0.249. The molecule has 4 heteroatoms. The minimum absolute atomic E-state index is 0.610. The van der Waals surface area contributed by atoms with Crippen LogP contribution in [0.1, 0.15) is 11.1 Å². The van der Waals surface area contributed by atoms with Crippen molar-refractivity contribution in [1.82, 2.24) is 9.88 Å². The summed E-state index contributed by atoms with van der Waals surface area (Å²) in [6.07, 6.45) is 3.78. The summed E-state index contributed by atoms with van der Waals surface area (Å²) in [7, 11) is 0. The second-order valence-electron chi connectivity index (χ2n) is 5.50. The van der Waals surface area contributed by atoms with E-state index in [2.05, 4.69) is 45.1 Å². The Morgan fingerprint density at radius 2 is 1.71 bits per heavy atom. The number of pyridine rings is 1. The molecule has 0 bridgehead atoms. The van der Waals surface area contributed by atoms with Crippen LogP contribution in [0.2, 0.25) is 0 Å². The lowest BCUT2D eigenvalue weighted by Crippen LogP contribution is -2.45. The normalized spacial score (nSPS) is 16.1. The van der Waals surface area contributed by atoms with E-state index in [4.69, 9.17) is 5.73 Å². The summed E-state index contributed by atoms with van der Waals surface area (Å²) in [4.78, 5) is 9.11. The van der Waals surface area contributed by atoms with Gasteiger partial charge in [-0.2, -0.15) is 0 Å². The number of nitrogens with two attached hydrogens (primary N) is 1. The number of anilines is 1. The summed E-state index contributed by atoms with van der Waals surface area (Å²) >= 11 is 0. The van der Waals surface area contributed by atoms with Crippen LogP contribution < -0.4 is 10.6 Å². The zero-order valence-corrected chi connectivity index (χ0v) is 12.3. The molecule has 2 N–H and O–H groups in total. The van der Waals surface area contributed by atoms with Crippen LogP contribution in [0, 0.1) is 0 Å². The molecule has 0 amide bonds. The lowest BCUT2D eigenvalue weighted by Gasteiger charge is -2.36. The molecule has 1 aromatic carbocycles. The first-order valence-corrected chi connectivity index (χ1v) is 7.50. The minimum atomic E-state index is 0.610. The fraction of sp³-hybridized carbons (Fsp3) is 0.353. The Labute approximate surface area is 126 Å². The van der Waals surface area contributed by atoms with Gasteiger partial charge in [-0.25, -0.2) is 0 Å². The van der Waals surface area contributed by atoms with Gasteiger partial charge in [0.1, 0.15) is 0 Å². The number of aromatic nitrogens is 1. The van der Waals surface area contributed by atoms with Gasteiger partial charge in [-0.1, -0.05) is 18.2 Å². The molecular formula is C17H22N4. The van der Waals surface area contributed by atoms with Gasteiger partial charge in [-0.3, -0.25) is 9.88 Å². The van der Waals surface area contributed by atoms with Crippen LogP contribution >= 0.6 is 0 Å². The van der Waals surface area contributed by atoms with Crippen molar-refractivity contribution in [3.63, 3.8) is 0 Å². The van der Waals surface area contributed by atoms with E-state index in [-0.39, 0.29) is 0 Å². The molecule has 110 valence electrons. The maximum Gasteiger partial charge on any atom is 0.0367 e. The van der Waals surface area contributed by atoms with Crippen LogP contribution in [-0.4, -0.2) is 36.1 Å². The summed E-state index contributed by atoms with van der Waals surface area (Å²) in [6.45, 7) is 5.93. The molecule has 1 saturated heterocycles. The van der Waals surface area contributed by atoms with Crippen molar-refractivity contribution >= 4 is 5.69 Å². The molecule has 2 aromatic rings. The third kappa shape index (κ3) is 3.60. The Balaban J connectivity index is 1.54. The molecule has 0 spiro atoms. The van der Waals surface area contributed by atoms with E-state index in [0.717, 1.165) is 32.7 Å². The van der Waals surface area contributed by atoms with Gasteiger partial charge in [0.2, 0.25) is 0 Å². The van der Waals surface area contributed by atoms with Crippen molar-refractivity contribution in [2.24, 2.45) is 5.73 Å². The predicted octanol–water partition coefficient (Wildman–Crippen LogP) is 1.86. The van der Waals surface area contributed by atoms with Gasteiger partial charge in [0, 0.05) is 57.3 Å². The zero-order chi connectivity index (χ0) is 14.5. The van der Waals surface area contributed by atoms with Crippen molar-refractivity contribution in [2.45, 2.75) is 13.1 Å². The molecule has 1 aliphatic rings. The van der Waals surface area contributed by atoms with Gasteiger partial charge in [-0.15, -0.1) is 0 Å². The Morgan fingerprint density at radius 3 is 2.33 bits per heavy atom. The highest BCUT2D eigenvalue weighted by molar-refractivity contribution is 5.48. The number of hydrogen-bond acceptors (Lipinski definition) is 4. The smallest absolute Gasteiger partial charge is 0.0367 e. The molecule has 3 rings (SSSR count). The summed E-state index contributed by atoms with van der Waals surface area (Å²) in [5, 5.41) is 0. The summed E-state index contributed by atoms with van der Waals surface area (Å²) in [5.74, 6) is 0. The molecule has 1 aliphatic heterocycles. The van der Waals surface area contributed by atoms with Gasteiger partial charge in [0.25, 0.3) is 0 Å². The van der Waals surface area contributed by atoms with Crippen molar-refractivity contribution in [1.29, 1.82) is 0 Å². The maximum atomic E-state index is 5.64. The first-order valence-electron chi connectivity index (χ1n) is 7.50. The summed E-state index contributed by atoms with van der Waals surface area (Å²) < 4.78 is 0. The van der Waals surface area contributed by atoms with Gasteiger partial charge >= 0.3 is 0 Å². The second kappa shape index (κ2) is 6.70. The Kier molecular flexibility index (Phi) is 4.48. The van der Waals surface area contributed by atoms with Crippen molar-refractivity contribution < 1.29 is 0 Å². The van der Waals surface area contributed by atoms with Crippen LogP contribution in [0.25, 0.3) is 0 Å². The predicted molar refractivity (Wildman–Crippen MR) is 86.1 cm³/mol. The standard InChI is InChI=1S/C17H22N4/c18-12-15-3-5-17(6-4-15)21-10-8-20(9-11-21)14-16-2-1-7-19-13-16/h1-7,13H,8-12,14,18H2. The van der Waals surface area contributed by atoms with Crippen LogP contribution in [-0.2, 0) is 13.1 Å². The quantitative estimate of drug-likeness (QED) is 0.930. The average Bonchev–Trinajstić information content (AvgIpc) is 2.57. The van der Waals surface area contributed by atoms with Gasteiger partial charge in [0.15, 0.2) is 0 Å². The minimum Gasteiger partial charge on any atom is -0.369 e. The third-order valence-electron chi connectivity index (χ3n) is 4.04. The molecular weight excluding hydrogens is 260 g/mol. The fourth-order valence-corrected chi connectivity index (χ4v) is 2.76. The van der Waals surface area contributed by atoms with Crippen LogP contribution in [0.3, 0.4) is 0 Å². The Morgan fingerprint density at radius 1 is 0.952 bits per heavy atom. The lowest BCUT2D eigenvalue weighted by atomic mass is 10.1. The summed E-state index contributed by atoms with van der Waals surface area (Å²) in [5.41, 5.74) is 9.42. The molecule has 0 aliphatic carbocycles. The van der Waals surface area contributed by atoms with Crippen molar-refractivity contribution in [3.8, 4) is 0 Å². The maximum absolute atomic E-state index is 5.64. The van der Waals surface area contributed by atoms with E-state index in [0.29, 0.717) is 6.54 Å². The number of rotatable bonds is 4. The highest BCUT2D eigenvalue weighted by atomic mass is 15.3. The highest BCUT2D eigenvalue weighted by Gasteiger charge is 2.17. The molecule has 4 nitrogen and oxygen atoms in total. The number of hydrogen-bond donors (Lipinski definition) is 1. The number of benzene rings is 1. The molecule has 2 heterocycles. The van der Waals surface area contributed by atoms with Crippen molar-refractivity contribution in [2.75, 3.05) is 31.1 Å². The monoisotopic (exact) mass is 282 g/mol. The van der Waals surface area contributed by atoms with Crippen LogP contribution in [0.5, 0.6) is 0 Å². The molecule has 21 heavy (non-hydrogen) atoms. The second-order valence-corrected chi connectivity index (χ2v) is 5.50. The van der Waals surface area contributed by atoms with Gasteiger partial charge < -0.3 is 10.6 Å². The van der Waals surface area contributed by atoms with E-state index < -0.39 is 0 Å². The first-order chi connectivity index (χ1) is 10.3. The zero-order valence-electron chi connectivity index (χ0n) is 12.3. The van der Waals surface area contributed by atoms with Gasteiger partial charge in [-0.05, 0) is 29.3 Å². The third-order valence-corrected chi connectivity index (χ3v) is 4.04. The SMILES string of the molecule is NCc1ccc(N2CCN(Cc3cccnc3)CC2)cc1. The van der Waals surface area contributed by atoms with E-state index in [1.165, 1.54) is 16.8 Å². The van der Waals surface area contributed by atoms with Crippen LogP contribution in [0.15, 0.2) is 48.8 Å². The van der Waals surface area contributed by atoms with E-state index in [1.807, 2.05) is 18.5 Å². The topological polar surface area (TPSA) is 45.4 Å². The van der Waals surface area contributed by atoms with Crippen molar-refractivity contribution in [3.05, 3.63) is 59.9 Å². The number of nitrogens with zero attached hydrogens (tertiary/aromatic N) is 3. The number of piperazine rings is 1. The highest BCUT2D eigenvalue weighted by Crippen LogP contribution is 2.18. The molecule has 1 fully saturated rings. The average molecular weight is 282 g/mol. The first kappa shape index (κ1) is 14.0. The molecule has 0 atom stereocenters. The van der Waals surface area contributed by atoms with E-state index in [9.17, 15) is 0 Å². The largest absolute Gasteiger partial charge is 0.369 e. The Bertz CT molecular complexity index is 545. The molecule has 0 unspecified atom stereocenters. The summed E-state index contributed by atoms with van der Waals surface area (Å²) in [6, 6.07) is 12.8. The molecule has 0 radical (unpaired) electrons. The molecule has 0 saturated carbocycles.